The van der Waals surface area contributed by atoms with Crippen molar-refractivity contribution in [3.63, 3.8) is 0 Å². The first-order chi connectivity index (χ1) is 6.93. The van der Waals surface area contributed by atoms with Gasteiger partial charge in [0.1, 0.15) is 0 Å². The Kier molecular flexibility index (Phi) is 7.83. The van der Waals surface area contributed by atoms with Gasteiger partial charge in [-0.05, 0) is 18.3 Å². The van der Waals surface area contributed by atoms with Gasteiger partial charge in [0.2, 0.25) is 0 Å². The molecule has 0 heterocycles. The van der Waals surface area contributed by atoms with Crippen molar-refractivity contribution >= 4 is 25.8 Å². The second kappa shape index (κ2) is 7.63. The minimum absolute atomic E-state index is 0.206. The molecule has 0 fully saturated rings. The third-order valence-electron chi connectivity index (χ3n) is 2.41. The van der Waals surface area contributed by atoms with E-state index in [4.69, 9.17) is 4.74 Å². The summed E-state index contributed by atoms with van der Waals surface area (Å²) in [5.74, 6) is 1.11. The molecule has 0 aromatic carbocycles. The first-order valence-electron chi connectivity index (χ1n) is 5.18. The molecule has 92 valence electrons. The first-order valence-corrected chi connectivity index (χ1v) is 8.12. The Morgan fingerprint density at radius 2 is 1.93 bits per heavy atom. The molecule has 0 amide bonds. The van der Waals surface area contributed by atoms with Gasteiger partial charge in [0.25, 0.3) is 0 Å². The summed E-state index contributed by atoms with van der Waals surface area (Å²) in [4.78, 5) is 0. The standard InChI is InChI=1S/C10H21BrO3S/c1-9(2)10(7-11)8-15(12,13)6-4-5-14-3/h9-10H,4-8H2,1-3H3. The van der Waals surface area contributed by atoms with Crippen LogP contribution in [0.15, 0.2) is 0 Å². The smallest absolute Gasteiger partial charge is 0.150 e. The van der Waals surface area contributed by atoms with Crippen molar-refractivity contribution in [2.75, 3.05) is 30.6 Å². The lowest BCUT2D eigenvalue weighted by molar-refractivity contribution is 0.199. The highest BCUT2D eigenvalue weighted by molar-refractivity contribution is 9.09. The molecule has 0 spiro atoms. The summed E-state index contributed by atoms with van der Waals surface area (Å²) in [6, 6.07) is 0. The fourth-order valence-corrected chi connectivity index (χ4v) is 4.41. The van der Waals surface area contributed by atoms with Crippen molar-refractivity contribution in [1.29, 1.82) is 0 Å². The van der Waals surface area contributed by atoms with E-state index in [9.17, 15) is 8.42 Å². The minimum atomic E-state index is -2.92. The van der Waals surface area contributed by atoms with Crippen LogP contribution in [0, 0.1) is 11.8 Å². The normalized spacial score (nSPS) is 14.5. The Morgan fingerprint density at radius 3 is 2.33 bits per heavy atom. The lowest BCUT2D eigenvalue weighted by Gasteiger charge is -2.17. The van der Waals surface area contributed by atoms with Gasteiger partial charge in [0.15, 0.2) is 9.84 Å². The first kappa shape index (κ1) is 15.4. The fourth-order valence-electron chi connectivity index (χ4n) is 1.25. The zero-order chi connectivity index (χ0) is 11.9. The predicted molar refractivity (Wildman–Crippen MR) is 67.3 cm³/mol. The van der Waals surface area contributed by atoms with Crippen molar-refractivity contribution in [1.82, 2.24) is 0 Å². The second-order valence-electron chi connectivity index (χ2n) is 4.12. The maximum atomic E-state index is 11.7. The summed E-state index contributed by atoms with van der Waals surface area (Å²) in [6.45, 7) is 4.62. The van der Waals surface area contributed by atoms with Gasteiger partial charge >= 0.3 is 0 Å². The summed E-state index contributed by atoms with van der Waals surface area (Å²) < 4.78 is 28.2. The van der Waals surface area contributed by atoms with Crippen molar-refractivity contribution in [2.45, 2.75) is 20.3 Å². The second-order valence-corrected chi connectivity index (χ2v) is 7.00. The lowest BCUT2D eigenvalue weighted by Crippen LogP contribution is -2.24. The number of sulfone groups is 1. The van der Waals surface area contributed by atoms with Crippen LogP contribution in [0.1, 0.15) is 20.3 Å². The molecule has 0 N–H and O–H groups in total. The third-order valence-corrected chi connectivity index (χ3v) is 5.09. The van der Waals surface area contributed by atoms with Crippen molar-refractivity contribution < 1.29 is 13.2 Å². The minimum Gasteiger partial charge on any atom is -0.385 e. The molecule has 0 bridgehead atoms. The monoisotopic (exact) mass is 300 g/mol. The van der Waals surface area contributed by atoms with E-state index in [2.05, 4.69) is 29.8 Å². The van der Waals surface area contributed by atoms with E-state index in [0.717, 1.165) is 5.33 Å². The molecule has 1 unspecified atom stereocenters. The summed E-state index contributed by atoms with van der Waals surface area (Å²) in [5.41, 5.74) is 0. The van der Waals surface area contributed by atoms with E-state index in [1.165, 1.54) is 0 Å². The van der Waals surface area contributed by atoms with Crippen LogP contribution in [0.5, 0.6) is 0 Å². The van der Waals surface area contributed by atoms with Crippen LogP contribution >= 0.6 is 15.9 Å². The highest BCUT2D eigenvalue weighted by Crippen LogP contribution is 2.16. The largest absolute Gasteiger partial charge is 0.385 e. The molecule has 15 heavy (non-hydrogen) atoms. The number of hydrogen-bond acceptors (Lipinski definition) is 3. The Morgan fingerprint density at radius 1 is 1.33 bits per heavy atom. The molecule has 0 aromatic rings. The average molecular weight is 301 g/mol. The van der Waals surface area contributed by atoms with Crippen LogP contribution in [-0.4, -0.2) is 39.0 Å². The lowest BCUT2D eigenvalue weighted by atomic mass is 10.0. The highest BCUT2D eigenvalue weighted by Gasteiger charge is 2.20. The number of rotatable bonds is 8. The molecule has 0 saturated carbocycles. The van der Waals surface area contributed by atoms with Gasteiger partial charge in [0.05, 0.1) is 11.5 Å². The van der Waals surface area contributed by atoms with Gasteiger partial charge in [-0.25, -0.2) is 8.42 Å². The Hall–Kier alpha value is 0.390. The Balaban J connectivity index is 4.11. The van der Waals surface area contributed by atoms with Crippen LogP contribution < -0.4 is 0 Å². The van der Waals surface area contributed by atoms with E-state index in [0.29, 0.717) is 18.9 Å². The van der Waals surface area contributed by atoms with Gasteiger partial charge in [-0.1, -0.05) is 29.8 Å². The summed E-state index contributed by atoms with van der Waals surface area (Å²) in [5, 5.41) is 0.744. The fraction of sp³-hybridized carbons (Fsp3) is 1.00. The maximum Gasteiger partial charge on any atom is 0.150 e. The van der Waals surface area contributed by atoms with E-state index < -0.39 is 9.84 Å². The van der Waals surface area contributed by atoms with Gasteiger partial charge in [-0.15, -0.1) is 0 Å². The SMILES string of the molecule is COCCCS(=O)(=O)CC(CBr)C(C)C. The topological polar surface area (TPSA) is 43.4 Å². The summed E-state index contributed by atoms with van der Waals surface area (Å²) >= 11 is 3.36. The quantitative estimate of drug-likeness (QED) is 0.509. The van der Waals surface area contributed by atoms with Gasteiger partial charge in [0, 0.05) is 19.0 Å². The van der Waals surface area contributed by atoms with Crippen LogP contribution in [-0.2, 0) is 14.6 Å². The van der Waals surface area contributed by atoms with Gasteiger partial charge in [-0.2, -0.15) is 0 Å². The van der Waals surface area contributed by atoms with Gasteiger partial charge < -0.3 is 4.74 Å². The van der Waals surface area contributed by atoms with E-state index in [-0.39, 0.29) is 17.4 Å². The molecule has 0 saturated heterocycles. The van der Waals surface area contributed by atoms with Crippen molar-refractivity contribution in [3.8, 4) is 0 Å². The van der Waals surface area contributed by atoms with Crippen LogP contribution in [0.2, 0.25) is 0 Å². The Labute approximate surface area is 102 Å². The molecular weight excluding hydrogens is 280 g/mol. The molecule has 0 aliphatic carbocycles. The Bertz CT molecular complexity index is 249. The molecule has 3 nitrogen and oxygen atoms in total. The third kappa shape index (κ3) is 7.30. The molecular formula is C10H21BrO3S. The summed E-state index contributed by atoms with van der Waals surface area (Å²) in [7, 11) is -1.33. The average Bonchev–Trinajstić information content (AvgIpc) is 2.14. The highest BCUT2D eigenvalue weighted by atomic mass is 79.9. The van der Waals surface area contributed by atoms with E-state index in [1.807, 2.05) is 0 Å². The number of methoxy groups -OCH3 is 1. The van der Waals surface area contributed by atoms with Crippen LogP contribution in [0.25, 0.3) is 0 Å². The predicted octanol–water partition coefficient (Wildman–Crippen LogP) is 2.10. The molecule has 0 radical (unpaired) electrons. The zero-order valence-corrected chi connectivity index (χ0v) is 12.1. The van der Waals surface area contributed by atoms with Gasteiger partial charge in [-0.3, -0.25) is 0 Å². The number of alkyl halides is 1. The van der Waals surface area contributed by atoms with Crippen LogP contribution in [0.4, 0.5) is 0 Å². The maximum absolute atomic E-state index is 11.7. The number of hydrogen-bond donors (Lipinski definition) is 0. The number of ether oxygens (including phenoxy) is 1. The van der Waals surface area contributed by atoms with E-state index in [1.54, 1.807) is 7.11 Å². The van der Waals surface area contributed by atoms with Crippen molar-refractivity contribution in [2.24, 2.45) is 11.8 Å². The van der Waals surface area contributed by atoms with Crippen molar-refractivity contribution in [3.05, 3.63) is 0 Å². The zero-order valence-electron chi connectivity index (χ0n) is 9.70. The molecule has 1 atom stereocenters. The summed E-state index contributed by atoms with van der Waals surface area (Å²) in [6.07, 6.45) is 0.589. The number of halogens is 1. The molecule has 0 aliphatic heterocycles. The van der Waals surface area contributed by atoms with E-state index >= 15 is 0 Å². The molecule has 0 rings (SSSR count). The molecule has 5 heteroatoms. The molecule has 0 aromatic heterocycles. The van der Waals surface area contributed by atoms with Crippen LogP contribution in [0.3, 0.4) is 0 Å². The molecule has 0 aliphatic rings.